The third-order valence-corrected chi connectivity index (χ3v) is 3.95. The first-order chi connectivity index (χ1) is 12.0. The number of hydrogen-bond donors (Lipinski definition) is 3. The number of rotatable bonds is 7. The van der Waals surface area contributed by atoms with Crippen molar-refractivity contribution >= 4 is 6.03 Å². The van der Waals surface area contributed by atoms with Crippen LogP contribution in [0.1, 0.15) is 28.4 Å². The predicted octanol–water partition coefficient (Wildman–Crippen LogP) is 2.59. The first kappa shape index (κ1) is 19.0. The molecule has 0 saturated heterocycles. The van der Waals surface area contributed by atoms with Crippen molar-refractivity contribution < 1.29 is 9.90 Å². The summed E-state index contributed by atoms with van der Waals surface area (Å²) >= 11 is 0. The summed E-state index contributed by atoms with van der Waals surface area (Å²) in [5.74, 6) is 0. The van der Waals surface area contributed by atoms with Crippen LogP contribution in [0.5, 0.6) is 0 Å². The summed E-state index contributed by atoms with van der Waals surface area (Å²) in [5.41, 5.74) is 4.10. The number of nitrogens with one attached hydrogen (secondary N) is 2. The van der Waals surface area contributed by atoms with Crippen molar-refractivity contribution in [1.29, 1.82) is 0 Å². The van der Waals surface area contributed by atoms with Crippen molar-refractivity contribution in [2.75, 3.05) is 20.6 Å². The molecule has 3 N–H and O–H groups in total. The second kappa shape index (κ2) is 9.20. The topological polar surface area (TPSA) is 64.6 Å². The number of amides is 2. The van der Waals surface area contributed by atoms with E-state index < -0.39 is 6.10 Å². The average molecular weight is 341 g/mol. The smallest absolute Gasteiger partial charge is 0.315 e. The minimum absolute atomic E-state index is 0.178. The van der Waals surface area contributed by atoms with Crippen LogP contribution in [0, 0.1) is 6.92 Å². The number of aryl methyl sites for hydroxylation is 1. The quantitative estimate of drug-likeness (QED) is 0.725. The van der Waals surface area contributed by atoms with Gasteiger partial charge in [0.2, 0.25) is 0 Å². The van der Waals surface area contributed by atoms with Crippen LogP contribution < -0.4 is 10.6 Å². The van der Waals surface area contributed by atoms with Gasteiger partial charge in [0.05, 0.1) is 6.10 Å². The molecule has 0 aliphatic rings. The van der Waals surface area contributed by atoms with Crippen molar-refractivity contribution in [3.63, 3.8) is 0 Å². The molecule has 0 spiro atoms. The van der Waals surface area contributed by atoms with E-state index in [0.29, 0.717) is 6.54 Å². The predicted molar refractivity (Wildman–Crippen MR) is 100 cm³/mol. The van der Waals surface area contributed by atoms with Gasteiger partial charge >= 0.3 is 6.03 Å². The highest BCUT2D eigenvalue weighted by Crippen LogP contribution is 2.16. The van der Waals surface area contributed by atoms with Crippen LogP contribution in [0.3, 0.4) is 0 Å². The number of nitrogens with zero attached hydrogens (tertiary/aromatic N) is 1. The van der Waals surface area contributed by atoms with Crippen LogP contribution in [0.4, 0.5) is 4.79 Å². The lowest BCUT2D eigenvalue weighted by Crippen LogP contribution is -2.37. The lowest BCUT2D eigenvalue weighted by molar-refractivity contribution is 0.172. The van der Waals surface area contributed by atoms with Crippen molar-refractivity contribution in [3.05, 3.63) is 70.8 Å². The third kappa shape index (κ3) is 6.21. The van der Waals surface area contributed by atoms with Gasteiger partial charge in [0, 0.05) is 19.6 Å². The van der Waals surface area contributed by atoms with Gasteiger partial charge in [-0.25, -0.2) is 4.79 Å². The zero-order valence-corrected chi connectivity index (χ0v) is 15.1. The number of benzene rings is 2. The van der Waals surface area contributed by atoms with Crippen molar-refractivity contribution in [1.82, 2.24) is 15.5 Å². The Morgan fingerprint density at radius 3 is 2.52 bits per heavy atom. The summed E-state index contributed by atoms with van der Waals surface area (Å²) in [6.45, 7) is 3.44. The molecule has 0 aliphatic heterocycles. The first-order valence-corrected chi connectivity index (χ1v) is 8.43. The van der Waals surface area contributed by atoms with E-state index in [1.165, 1.54) is 5.56 Å². The highest BCUT2D eigenvalue weighted by molar-refractivity contribution is 5.73. The molecule has 0 radical (unpaired) electrons. The van der Waals surface area contributed by atoms with Gasteiger partial charge in [-0.05, 0) is 43.3 Å². The van der Waals surface area contributed by atoms with E-state index in [1.807, 2.05) is 57.4 Å². The minimum atomic E-state index is -0.713. The van der Waals surface area contributed by atoms with Crippen LogP contribution >= 0.6 is 0 Å². The van der Waals surface area contributed by atoms with Crippen molar-refractivity contribution in [3.8, 4) is 0 Å². The van der Waals surface area contributed by atoms with Gasteiger partial charge in [-0.1, -0.05) is 48.5 Å². The lowest BCUT2D eigenvalue weighted by Gasteiger charge is -2.15. The molecule has 25 heavy (non-hydrogen) atoms. The zero-order valence-electron chi connectivity index (χ0n) is 15.1. The number of carbonyl (C=O) groups excluding carboxylic acids is 1. The fraction of sp³-hybridized carbons (Fsp3) is 0.350. The minimum Gasteiger partial charge on any atom is -0.387 e. The molecule has 134 valence electrons. The Kier molecular flexibility index (Phi) is 6.98. The van der Waals surface area contributed by atoms with E-state index in [-0.39, 0.29) is 12.6 Å². The molecular formula is C20H27N3O2. The second-order valence-corrected chi connectivity index (χ2v) is 6.49. The van der Waals surface area contributed by atoms with Crippen molar-refractivity contribution in [2.24, 2.45) is 0 Å². The molecule has 0 aliphatic carbocycles. The average Bonchev–Trinajstić information content (AvgIpc) is 2.58. The van der Waals surface area contributed by atoms with Gasteiger partial charge in [0.1, 0.15) is 0 Å². The summed E-state index contributed by atoms with van der Waals surface area (Å²) in [7, 11) is 4.05. The molecule has 0 bridgehead atoms. The van der Waals surface area contributed by atoms with E-state index in [9.17, 15) is 9.90 Å². The SMILES string of the molecule is Cc1ccccc1C(O)CNC(=O)NCc1cccc(CN(C)C)c1. The lowest BCUT2D eigenvalue weighted by atomic mass is 10.0. The Bertz CT molecular complexity index is 701. The van der Waals surface area contributed by atoms with E-state index >= 15 is 0 Å². The van der Waals surface area contributed by atoms with Gasteiger partial charge in [-0.15, -0.1) is 0 Å². The Hall–Kier alpha value is -2.37. The van der Waals surface area contributed by atoms with Gasteiger partial charge < -0.3 is 20.6 Å². The van der Waals surface area contributed by atoms with E-state index in [4.69, 9.17) is 0 Å². The monoisotopic (exact) mass is 341 g/mol. The molecule has 2 aromatic carbocycles. The Balaban J connectivity index is 1.80. The summed E-state index contributed by atoms with van der Waals surface area (Å²) in [4.78, 5) is 14.1. The van der Waals surface area contributed by atoms with Crippen LogP contribution in [0.2, 0.25) is 0 Å². The van der Waals surface area contributed by atoms with E-state index in [0.717, 1.165) is 23.2 Å². The molecule has 1 unspecified atom stereocenters. The number of urea groups is 1. The number of aliphatic hydroxyl groups excluding tert-OH is 1. The van der Waals surface area contributed by atoms with Crippen LogP contribution in [-0.2, 0) is 13.1 Å². The van der Waals surface area contributed by atoms with Gasteiger partial charge in [-0.3, -0.25) is 0 Å². The van der Waals surface area contributed by atoms with E-state index in [2.05, 4.69) is 27.7 Å². The maximum absolute atomic E-state index is 12.0. The van der Waals surface area contributed by atoms with Crippen LogP contribution in [0.15, 0.2) is 48.5 Å². The maximum Gasteiger partial charge on any atom is 0.315 e. The molecule has 2 amide bonds. The largest absolute Gasteiger partial charge is 0.387 e. The van der Waals surface area contributed by atoms with E-state index in [1.54, 1.807) is 0 Å². The maximum atomic E-state index is 12.0. The Morgan fingerprint density at radius 1 is 1.08 bits per heavy atom. The molecule has 0 heterocycles. The molecule has 0 fully saturated rings. The second-order valence-electron chi connectivity index (χ2n) is 6.49. The fourth-order valence-electron chi connectivity index (χ4n) is 2.71. The molecule has 0 saturated carbocycles. The number of carbonyl (C=O) groups is 1. The normalized spacial score (nSPS) is 12.0. The standard InChI is InChI=1S/C20H27N3O2/c1-15-7-4-5-10-18(15)19(24)13-22-20(25)21-12-16-8-6-9-17(11-16)14-23(2)3/h4-11,19,24H,12-14H2,1-3H3,(H2,21,22,25). The first-order valence-electron chi connectivity index (χ1n) is 8.43. The zero-order chi connectivity index (χ0) is 18.2. The van der Waals surface area contributed by atoms with Crippen LogP contribution in [0.25, 0.3) is 0 Å². The molecule has 2 aromatic rings. The Labute approximate surface area is 149 Å². The molecule has 5 heteroatoms. The molecule has 1 atom stereocenters. The summed E-state index contributed by atoms with van der Waals surface area (Å²) < 4.78 is 0. The molecular weight excluding hydrogens is 314 g/mol. The summed E-state index contributed by atoms with van der Waals surface area (Å²) in [6.07, 6.45) is -0.713. The highest BCUT2D eigenvalue weighted by atomic mass is 16.3. The highest BCUT2D eigenvalue weighted by Gasteiger charge is 2.11. The fourth-order valence-corrected chi connectivity index (χ4v) is 2.71. The third-order valence-electron chi connectivity index (χ3n) is 3.95. The van der Waals surface area contributed by atoms with Crippen LogP contribution in [-0.4, -0.2) is 36.7 Å². The molecule has 5 nitrogen and oxygen atoms in total. The van der Waals surface area contributed by atoms with Gasteiger partial charge in [0.15, 0.2) is 0 Å². The molecule has 0 aromatic heterocycles. The summed E-state index contributed by atoms with van der Waals surface area (Å²) in [6, 6.07) is 15.5. The van der Waals surface area contributed by atoms with Gasteiger partial charge in [-0.2, -0.15) is 0 Å². The Morgan fingerprint density at radius 2 is 1.80 bits per heavy atom. The van der Waals surface area contributed by atoms with Crippen molar-refractivity contribution in [2.45, 2.75) is 26.1 Å². The molecule has 2 rings (SSSR count). The van der Waals surface area contributed by atoms with Gasteiger partial charge in [0.25, 0.3) is 0 Å². The number of aliphatic hydroxyl groups is 1. The summed E-state index contributed by atoms with van der Waals surface area (Å²) in [5, 5.41) is 15.8. The number of hydrogen-bond acceptors (Lipinski definition) is 3.